The summed E-state index contributed by atoms with van der Waals surface area (Å²) in [5.41, 5.74) is 0.608. The molecule has 1 spiro atoms. The van der Waals surface area contributed by atoms with E-state index in [1.54, 1.807) is 0 Å². The summed E-state index contributed by atoms with van der Waals surface area (Å²) in [6.07, 6.45) is 3.20. The summed E-state index contributed by atoms with van der Waals surface area (Å²) in [7, 11) is 0. The lowest BCUT2D eigenvalue weighted by Gasteiger charge is -2.34. The summed E-state index contributed by atoms with van der Waals surface area (Å²) in [4.78, 5) is 23.2. The van der Waals surface area contributed by atoms with E-state index in [-0.39, 0.29) is 11.9 Å². The maximum absolute atomic E-state index is 11.9. The lowest BCUT2D eigenvalue weighted by Crippen LogP contribution is -2.49. The zero-order valence-corrected chi connectivity index (χ0v) is 12.1. The molecule has 21 heavy (non-hydrogen) atoms. The van der Waals surface area contributed by atoms with Crippen LogP contribution in [0, 0.1) is 0 Å². The molecule has 2 N–H and O–H groups in total. The Bertz CT molecular complexity index is 545. The standard InChI is InChI=1S/C16H20N2O3/c1-2-21-13-5-3-11(4-6-13)12-7-9-16(10-8-12)14(19)17-15(20)18-16/h3-6,12H,2,7-10H2,1H3,(H2,17,18,19,20)/t12-,16+. The molecular weight excluding hydrogens is 268 g/mol. The van der Waals surface area contributed by atoms with Gasteiger partial charge in [0.25, 0.3) is 5.91 Å². The lowest BCUT2D eigenvalue weighted by atomic mass is 9.74. The molecule has 2 fully saturated rings. The van der Waals surface area contributed by atoms with Crippen LogP contribution in [-0.2, 0) is 4.79 Å². The van der Waals surface area contributed by atoms with Crippen molar-refractivity contribution in [2.75, 3.05) is 6.61 Å². The predicted molar refractivity (Wildman–Crippen MR) is 78.2 cm³/mol. The monoisotopic (exact) mass is 288 g/mol. The fourth-order valence-corrected chi connectivity index (χ4v) is 3.33. The van der Waals surface area contributed by atoms with Crippen molar-refractivity contribution in [2.45, 2.75) is 44.1 Å². The first kappa shape index (κ1) is 13.9. The minimum absolute atomic E-state index is 0.169. The van der Waals surface area contributed by atoms with Crippen molar-refractivity contribution < 1.29 is 14.3 Å². The molecule has 0 radical (unpaired) electrons. The van der Waals surface area contributed by atoms with Gasteiger partial charge in [0, 0.05) is 0 Å². The highest BCUT2D eigenvalue weighted by Gasteiger charge is 2.48. The summed E-state index contributed by atoms with van der Waals surface area (Å²) < 4.78 is 5.45. The normalized spacial score (nSPS) is 28.3. The molecule has 1 heterocycles. The largest absolute Gasteiger partial charge is 0.494 e. The van der Waals surface area contributed by atoms with Gasteiger partial charge in [0.15, 0.2) is 0 Å². The molecule has 2 aliphatic rings. The molecule has 1 aromatic carbocycles. The Morgan fingerprint density at radius 3 is 2.38 bits per heavy atom. The minimum Gasteiger partial charge on any atom is -0.494 e. The van der Waals surface area contributed by atoms with Gasteiger partial charge in [-0.15, -0.1) is 0 Å². The smallest absolute Gasteiger partial charge is 0.322 e. The number of imide groups is 1. The van der Waals surface area contributed by atoms with Crippen molar-refractivity contribution in [3.63, 3.8) is 0 Å². The van der Waals surface area contributed by atoms with Gasteiger partial charge in [-0.25, -0.2) is 4.79 Å². The third kappa shape index (κ3) is 2.60. The molecule has 3 amide bonds. The van der Waals surface area contributed by atoms with Gasteiger partial charge in [0.1, 0.15) is 11.3 Å². The van der Waals surface area contributed by atoms with E-state index in [0.29, 0.717) is 25.4 Å². The van der Waals surface area contributed by atoms with Crippen LogP contribution in [0.5, 0.6) is 5.75 Å². The van der Waals surface area contributed by atoms with Gasteiger partial charge in [0.2, 0.25) is 0 Å². The van der Waals surface area contributed by atoms with E-state index < -0.39 is 5.54 Å². The molecule has 5 heteroatoms. The molecule has 0 unspecified atom stereocenters. The quantitative estimate of drug-likeness (QED) is 0.839. The van der Waals surface area contributed by atoms with Crippen LogP contribution in [0.1, 0.15) is 44.1 Å². The van der Waals surface area contributed by atoms with Crippen LogP contribution >= 0.6 is 0 Å². The van der Waals surface area contributed by atoms with Crippen molar-refractivity contribution >= 4 is 11.9 Å². The Labute approximate surface area is 124 Å². The zero-order chi connectivity index (χ0) is 14.9. The van der Waals surface area contributed by atoms with E-state index in [9.17, 15) is 9.59 Å². The van der Waals surface area contributed by atoms with Gasteiger partial charge in [0.05, 0.1) is 6.61 Å². The van der Waals surface area contributed by atoms with Crippen LogP contribution in [0.2, 0.25) is 0 Å². The van der Waals surface area contributed by atoms with E-state index in [1.165, 1.54) is 5.56 Å². The summed E-state index contributed by atoms with van der Waals surface area (Å²) in [5.74, 6) is 1.16. The van der Waals surface area contributed by atoms with Gasteiger partial charge < -0.3 is 10.1 Å². The van der Waals surface area contributed by atoms with Gasteiger partial charge in [-0.1, -0.05) is 12.1 Å². The average Bonchev–Trinajstić information content (AvgIpc) is 2.75. The molecule has 0 atom stereocenters. The number of hydrogen-bond donors (Lipinski definition) is 2. The molecule has 0 aromatic heterocycles. The Kier molecular flexibility index (Phi) is 3.57. The summed E-state index contributed by atoms with van der Waals surface area (Å²) in [6, 6.07) is 7.82. The Morgan fingerprint density at radius 2 is 1.86 bits per heavy atom. The highest BCUT2D eigenvalue weighted by Crippen LogP contribution is 2.39. The topological polar surface area (TPSA) is 67.4 Å². The Balaban J connectivity index is 1.65. The van der Waals surface area contributed by atoms with E-state index in [0.717, 1.165) is 18.6 Å². The van der Waals surface area contributed by atoms with Crippen LogP contribution in [0.3, 0.4) is 0 Å². The Hall–Kier alpha value is -2.04. The number of benzene rings is 1. The zero-order valence-electron chi connectivity index (χ0n) is 12.1. The third-order valence-corrected chi connectivity index (χ3v) is 4.52. The first-order chi connectivity index (χ1) is 10.1. The average molecular weight is 288 g/mol. The second-order valence-corrected chi connectivity index (χ2v) is 5.77. The van der Waals surface area contributed by atoms with Crippen LogP contribution in [-0.4, -0.2) is 24.1 Å². The van der Waals surface area contributed by atoms with Crippen molar-refractivity contribution in [3.8, 4) is 5.75 Å². The minimum atomic E-state index is -0.668. The number of rotatable bonds is 3. The van der Waals surface area contributed by atoms with Crippen LogP contribution in [0.4, 0.5) is 4.79 Å². The molecule has 1 aliphatic carbocycles. The first-order valence-corrected chi connectivity index (χ1v) is 7.49. The van der Waals surface area contributed by atoms with E-state index in [1.807, 2.05) is 19.1 Å². The number of amides is 3. The number of hydrogen-bond acceptors (Lipinski definition) is 3. The van der Waals surface area contributed by atoms with Gasteiger partial charge in [-0.05, 0) is 56.2 Å². The number of ether oxygens (including phenoxy) is 1. The van der Waals surface area contributed by atoms with Crippen molar-refractivity contribution in [2.24, 2.45) is 0 Å². The van der Waals surface area contributed by atoms with Crippen molar-refractivity contribution in [3.05, 3.63) is 29.8 Å². The Morgan fingerprint density at radius 1 is 1.19 bits per heavy atom. The third-order valence-electron chi connectivity index (χ3n) is 4.52. The van der Waals surface area contributed by atoms with Crippen LogP contribution in [0.25, 0.3) is 0 Å². The van der Waals surface area contributed by atoms with E-state index >= 15 is 0 Å². The van der Waals surface area contributed by atoms with Crippen LogP contribution in [0.15, 0.2) is 24.3 Å². The maximum atomic E-state index is 11.9. The molecule has 0 bridgehead atoms. The van der Waals surface area contributed by atoms with Gasteiger partial charge in [-0.3, -0.25) is 10.1 Å². The fraction of sp³-hybridized carbons (Fsp3) is 0.500. The molecule has 1 saturated carbocycles. The molecular formula is C16H20N2O3. The molecule has 5 nitrogen and oxygen atoms in total. The lowest BCUT2D eigenvalue weighted by molar-refractivity contribution is -0.125. The summed E-state index contributed by atoms with van der Waals surface area (Å²) in [6.45, 7) is 2.63. The van der Waals surface area contributed by atoms with Gasteiger partial charge in [-0.2, -0.15) is 0 Å². The van der Waals surface area contributed by atoms with Crippen molar-refractivity contribution in [1.82, 2.24) is 10.6 Å². The van der Waals surface area contributed by atoms with E-state index in [2.05, 4.69) is 22.8 Å². The number of urea groups is 1. The molecule has 1 aromatic rings. The molecule has 1 aliphatic heterocycles. The SMILES string of the molecule is CCOc1ccc([C@H]2CC[C@]3(CC2)NC(=O)NC3=O)cc1. The first-order valence-electron chi connectivity index (χ1n) is 7.49. The molecule has 3 rings (SSSR count). The highest BCUT2D eigenvalue weighted by molar-refractivity contribution is 6.07. The van der Waals surface area contributed by atoms with E-state index in [4.69, 9.17) is 4.74 Å². The summed E-state index contributed by atoms with van der Waals surface area (Å²) in [5, 5.41) is 5.15. The second kappa shape index (κ2) is 5.39. The molecule has 1 saturated heterocycles. The van der Waals surface area contributed by atoms with Crippen LogP contribution < -0.4 is 15.4 Å². The number of nitrogens with one attached hydrogen (secondary N) is 2. The number of carbonyl (C=O) groups excluding carboxylic acids is 2. The predicted octanol–water partition coefficient (Wildman–Crippen LogP) is 2.32. The number of carbonyl (C=O) groups is 2. The van der Waals surface area contributed by atoms with Crippen molar-refractivity contribution in [1.29, 1.82) is 0 Å². The highest BCUT2D eigenvalue weighted by atomic mass is 16.5. The second-order valence-electron chi connectivity index (χ2n) is 5.77. The summed E-state index contributed by atoms with van der Waals surface area (Å²) >= 11 is 0. The fourth-order valence-electron chi connectivity index (χ4n) is 3.33. The molecule has 112 valence electrons. The maximum Gasteiger partial charge on any atom is 0.322 e. The van der Waals surface area contributed by atoms with Gasteiger partial charge >= 0.3 is 6.03 Å².